The van der Waals surface area contributed by atoms with Gasteiger partial charge in [-0.15, -0.1) is 11.3 Å². The molecule has 0 atom stereocenters. The molecule has 3 aromatic rings. The largest absolute Gasteiger partial charge is 0.497 e. The standard InChI is InChI=1S/C23H20N2O5S/c1-14-6-7-18-19(10-14)23(28)25(22(18)27)9-8-20(26)30-12-16-13-31-21(24-16)15-4-3-5-17(11-15)29-2/h3-7,10-11,13H,8-9,12H2,1-2H3. The second-order valence-corrected chi connectivity index (χ2v) is 7.96. The highest BCUT2D eigenvalue weighted by Crippen LogP contribution is 2.27. The monoisotopic (exact) mass is 436 g/mol. The van der Waals surface area contributed by atoms with Crippen LogP contribution in [0.4, 0.5) is 0 Å². The number of amides is 2. The summed E-state index contributed by atoms with van der Waals surface area (Å²) in [6.45, 7) is 1.87. The molecular formula is C23H20N2O5S. The quantitative estimate of drug-likeness (QED) is 0.413. The lowest BCUT2D eigenvalue weighted by Gasteiger charge is -2.12. The number of aryl methyl sites for hydroxylation is 1. The molecule has 7 nitrogen and oxygen atoms in total. The van der Waals surface area contributed by atoms with Crippen LogP contribution in [0.3, 0.4) is 0 Å². The molecule has 1 aliphatic rings. The van der Waals surface area contributed by atoms with Crippen LogP contribution in [0.25, 0.3) is 10.6 Å². The van der Waals surface area contributed by atoms with Crippen molar-refractivity contribution in [2.24, 2.45) is 0 Å². The number of methoxy groups -OCH3 is 1. The Kier molecular flexibility index (Phi) is 5.81. The molecule has 1 aromatic heterocycles. The number of thiazole rings is 1. The highest BCUT2D eigenvalue weighted by Gasteiger charge is 2.35. The van der Waals surface area contributed by atoms with Gasteiger partial charge in [-0.3, -0.25) is 19.3 Å². The Bertz CT molecular complexity index is 1170. The number of ether oxygens (including phenoxy) is 2. The number of carbonyl (C=O) groups is 3. The first kappa shape index (κ1) is 20.7. The number of aromatic nitrogens is 1. The Morgan fingerprint density at radius 1 is 1.10 bits per heavy atom. The molecule has 0 fully saturated rings. The van der Waals surface area contributed by atoms with E-state index in [9.17, 15) is 14.4 Å². The number of carbonyl (C=O) groups excluding carboxylic acids is 3. The minimum atomic E-state index is -0.497. The van der Waals surface area contributed by atoms with Crippen LogP contribution in [-0.2, 0) is 16.1 Å². The van der Waals surface area contributed by atoms with E-state index in [1.807, 2.05) is 36.6 Å². The average molecular weight is 436 g/mol. The fraction of sp³-hybridized carbons (Fsp3) is 0.217. The lowest BCUT2D eigenvalue weighted by Crippen LogP contribution is -2.32. The second kappa shape index (κ2) is 8.69. The zero-order chi connectivity index (χ0) is 22.0. The molecule has 0 unspecified atom stereocenters. The lowest BCUT2D eigenvalue weighted by molar-refractivity contribution is -0.145. The molecule has 0 radical (unpaired) electrons. The van der Waals surface area contributed by atoms with Crippen LogP contribution < -0.4 is 4.74 Å². The van der Waals surface area contributed by atoms with E-state index >= 15 is 0 Å². The molecule has 1 aliphatic heterocycles. The fourth-order valence-corrected chi connectivity index (χ4v) is 4.10. The van der Waals surface area contributed by atoms with Crippen LogP contribution in [0.1, 0.15) is 38.4 Å². The van der Waals surface area contributed by atoms with Gasteiger partial charge in [0, 0.05) is 17.5 Å². The fourth-order valence-electron chi connectivity index (χ4n) is 3.30. The topological polar surface area (TPSA) is 85.8 Å². The van der Waals surface area contributed by atoms with Gasteiger partial charge in [-0.1, -0.05) is 23.8 Å². The van der Waals surface area contributed by atoms with Crippen LogP contribution in [0.2, 0.25) is 0 Å². The summed E-state index contributed by atoms with van der Waals surface area (Å²) in [5.74, 6) is -0.512. The molecule has 8 heteroatoms. The van der Waals surface area contributed by atoms with Crippen LogP contribution in [0.15, 0.2) is 47.8 Å². The number of hydrogen-bond donors (Lipinski definition) is 0. The van der Waals surface area contributed by atoms with Crippen LogP contribution in [0, 0.1) is 6.92 Å². The minimum Gasteiger partial charge on any atom is -0.497 e. The smallest absolute Gasteiger partial charge is 0.307 e. The number of hydrogen-bond acceptors (Lipinski definition) is 7. The summed E-state index contributed by atoms with van der Waals surface area (Å²) in [6.07, 6.45) is -0.0721. The van der Waals surface area contributed by atoms with Crippen molar-refractivity contribution in [2.75, 3.05) is 13.7 Å². The van der Waals surface area contributed by atoms with E-state index in [0.29, 0.717) is 16.8 Å². The number of imide groups is 1. The molecule has 0 saturated carbocycles. The van der Waals surface area contributed by atoms with Gasteiger partial charge in [-0.25, -0.2) is 4.98 Å². The molecule has 158 valence electrons. The van der Waals surface area contributed by atoms with Crippen LogP contribution in [0.5, 0.6) is 5.75 Å². The zero-order valence-corrected chi connectivity index (χ0v) is 17.9. The molecule has 0 aliphatic carbocycles. The van der Waals surface area contributed by atoms with Crippen LogP contribution in [-0.4, -0.2) is 41.3 Å². The molecular weight excluding hydrogens is 416 g/mol. The summed E-state index contributed by atoms with van der Waals surface area (Å²) in [5, 5.41) is 2.63. The van der Waals surface area contributed by atoms with Crippen molar-refractivity contribution in [1.29, 1.82) is 0 Å². The van der Waals surface area contributed by atoms with Gasteiger partial charge in [0.05, 0.1) is 30.4 Å². The average Bonchev–Trinajstić information content (AvgIpc) is 3.34. The maximum absolute atomic E-state index is 12.5. The molecule has 4 rings (SSSR count). The van der Waals surface area contributed by atoms with Gasteiger partial charge in [0.15, 0.2) is 0 Å². The Labute approximate surface area is 183 Å². The van der Waals surface area contributed by atoms with E-state index in [2.05, 4.69) is 4.98 Å². The molecule has 0 spiro atoms. The lowest BCUT2D eigenvalue weighted by atomic mass is 10.1. The Morgan fingerprint density at radius 3 is 2.71 bits per heavy atom. The summed E-state index contributed by atoms with van der Waals surface area (Å²) in [7, 11) is 1.61. The van der Waals surface area contributed by atoms with Gasteiger partial charge in [-0.2, -0.15) is 0 Å². The van der Waals surface area contributed by atoms with Crippen molar-refractivity contribution in [3.8, 4) is 16.3 Å². The van der Waals surface area contributed by atoms with Gasteiger partial charge < -0.3 is 9.47 Å². The second-order valence-electron chi connectivity index (χ2n) is 7.10. The third-order valence-corrected chi connectivity index (χ3v) is 5.86. The van der Waals surface area contributed by atoms with E-state index in [-0.39, 0.29) is 31.4 Å². The molecule has 2 aromatic carbocycles. The van der Waals surface area contributed by atoms with Crippen molar-refractivity contribution >= 4 is 29.1 Å². The summed E-state index contributed by atoms with van der Waals surface area (Å²) in [4.78, 5) is 42.6. The van der Waals surface area contributed by atoms with Gasteiger partial charge in [0.1, 0.15) is 17.4 Å². The molecule has 2 heterocycles. The maximum Gasteiger partial charge on any atom is 0.307 e. The maximum atomic E-state index is 12.5. The molecule has 0 bridgehead atoms. The van der Waals surface area contributed by atoms with Crippen molar-refractivity contribution < 1.29 is 23.9 Å². The van der Waals surface area contributed by atoms with E-state index in [4.69, 9.17) is 9.47 Å². The van der Waals surface area contributed by atoms with Gasteiger partial charge in [0.2, 0.25) is 0 Å². The Hall–Kier alpha value is -3.52. The summed E-state index contributed by atoms with van der Waals surface area (Å²) >= 11 is 1.45. The normalized spacial score (nSPS) is 12.8. The van der Waals surface area contributed by atoms with E-state index in [1.165, 1.54) is 11.3 Å². The highest BCUT2D eigenvalue weighted by atomic mass is 32.1. The first-order valence-corrected chi connectivity index (χ1v) is 10.6. The number of esters is 1. The third-order valence-electron chi connectivity index (χ3n) is 4.92. The van der Waals surface area contributed by atoms with Gasteiger partial charge in [-0.05, 0) is 31.2 Å². The molecule has 31 heavy (non-hydrogen) atoms. The molecule has 0 saturated heterocycles. The van der Waals surface area contributed by atoms with Crippen molar-refractivity contribution in [3.05, 3.63) is 70.2 Å². The first-order valence-electron chi connectivity index (χ1n) is 9.67. The Balaban J connectivity index is 1.31. The van der Waals surface area contributed by atoms with Crippen molar-refractivity contribution in [3.63, 3.8) is 0 Å². The summed E-state index contributed by atoms with van der Waals surface area (Å²) in [6, 6.07) is 12.7. The van der Waals surface area contributed by atoms with Crippen molar-refractivity contribution in [1.82, 2.24) is 9.88 Å². The minimum absolute atomic E-state index is 0.0175. The first-order chi connectivity index (χ1) is 15.0. The van der Waals surface area contributed by atoms with E-state index in [1.54, 1.807) is 25.3 Å². The van der Waals surface area contributed by atoms with E-state index in [0.717, 1.165) is 26.8 Å². The van der Waals surface area contributed by atoms with Crippen molar-refractivity contribution in [2.45, 2.75) is 20.0 Å². The number of benzene rings is 2. The predicted octanol–water partition coefficient (Wildman–Crippen LogP) is 3.86. The number of nitrogens with zero attached hydrogens (tertiary/aromatic N) is 2. The summed E-state index contributed by atoms with van der Waals surface area (Å²) in [5.41, 5.74) is 3.20. The zero-order valence-electron chi connectivity index (χ0n) is 17.1. The predicted molar refractivity (Wildman–Crippen MR) is 115 cm³/mol. The highest BCUT2D eigenvalue weighted by molar-refractivity contribution is 7.13. The van der Waals surface area contributed by atoms with Crippen LogP contribution >= 0.6 is 11.3 Å². The third kappa shape index (κ3) is 4.34. The number of rotatable bonds is 7. The summed E-state index contributed by atoms with van der Waals surface area (Å²) < 4.78 is 10.5. The number of fused-ring (bicyclic) bond motifs is 1. The van der Waals surface area contributed by atoms with Gasteiger partial charge >= 0.3 is 5.97 Å². The molecule has 2 amide bonds. The SMILES string of the molecule is COc1cccc(-c2nc(COC(=O)CCN3C(=O)c4ccc(C)cc4C3=O)cs2)c1. The van der Waals surface area contributed by atoms with Gasteiger partial charge in [0.25, 0.3) is 11.8 Å². The Morgan fingerprint density at radius 2 is 1.90 bits per heavy atom. The van der Waals surface area contributed by atoms with E-state index < -0.39 is 5.97 Å². The molecule has 0 N–H and O–H groups in total.